The summed E-state index contributed by atoms with van der Waals surface area (Å²) in [6.07, 6.45) is 1.16. The van der Waals surface area contributed by atoms with Crippen LogP contribution < -0.4 is 5.32 Å². The molecule has 0 radical (unpaired) electrons. The quantitative estimate of drug-likeness (QED) is 0.624. The van der Waals surface area contributed by atoms with Crippen molar-refractivity contribution < 1.29 is 23.8 Å². The zero-order valence-corrected chi connectivity index (χ0v) is 12.9. The van der Waals surface area contributed by atoms with E-state index in [9.17, 15) is 9.59 Å². The molecule has 1 aliphatic heterocycles. The number of thioether (sulfide) groups is 1. The second-order valence-corrected chi connectivity index (χ2v) is 5.29. The van der Waals surface area contributed by atoms with Gasteiger partial charge >= 0.3 is 5.97 Å². The fourth-order valence-corrected chi connectivity index (χ4v) is 2.34. The first-order chi connectivity index (χ1) is 11.2. The highest BCUT2D eigenvalue weighted by molar-refractivity contribution is 7.99. The molecule has 1 aromatic carbocycles. The van der Waals surface area contributed by atoms with E-state index in [1.807, 2.05) is 12.1 Å². The summed E-state index contributed by atoms with van der Waals surface area (Å²) in [6.45, 7) is 0.182. The van der Waals surface area contributed by atoms with Crippen molar-refractivity contribution in [3.63, 3.8) is 0 Å². The van der Waals surface area contributed by atoms with Crippen LogP contribution in [0.1, 0.15) is 0 Å². The molecular weight excluding hydrogens is 320 g/mol. The lowest BCUT2D eigenvalue weighted by molar-refractivity contribution is -0.148. The number of amides is 1. The van der Waals surface area contributed by atoms with Crippen LogP contribution in [-0.2, 0) is 23.8 Å². The fourth-order valence-electron chi connectivity index (χ4n) is 1.67. The number of benzene rings is 1. The number of hydrogen-bond donors (Lipinski definition) is 1. The number of nitrogens with one attached hydrogen (secondary N) is 1. The predicted molar refractivity (Wildman–Crippen MR) is 82.4 cm³/mol. The van der Waals surface area contributed by atoms with E-state index in [0.29, 0.717) is 12.3 Å². The molecule has 1 amide bonds. The number of carbonyl (C=O) groups excluding carboxylic acids is 2. The van der Waals surface area contributed by atoms with E-state index in [4.69, 9.17) is 19.5 Å². The summed E-state index contributed by atoms with van der Waals surface area (Å²) in [6, 6.07) is 9.09. The summed E-state index contributed by atoms with van der Waals surface area (Å²) in [5.41, 5.74) is 0.560. The molecule has 8 heteroatoms. The minimum absolute atomic E-state index is 0.0611. The van der Waals surface area contributed by atoms with Crippen LogP contribution in [-0.4, -0.2) is 37.4 Å². The number of esters is 1. The van der Waals surface area contributed by atoms with Crippen LogP contribution in [0.4, 0.5) is 5.69 Å². The Bertz CT molecular complexity index is 654. The van der Waals surface area contributed by atoms with Gasteiger partial charge < -0.3 is 19.5 Å². The van der Waals surface area contributed by atoms with E-state index < -0.39 is 18.5 Å². The molecule has 0 spiro atoms. The van der Waals surface area contributed by atoms with Gasteiger partial charge in [0.2, 0.25) is 5.76 Å². The number of anilines is 1. The van der Waals surface area contributed by atoms with Gasteiger partial charge in [-0.15, -0.1) is 11.8 Å². The molecule has 120 valence electrons. The molecular formula is C15H14N2O5S. The molecule has 7 nitrogen and oxygen atoms in total. The molecule has 23 heavy (non-hydrogen) atoms. The van der Waals surface area contributed by atoms with Gasteiger partial charge in [0.05, 0.1) is 17.5 Å². The Balaban J connectivity index is 1.86. The first-order valence-electron chi connectivity index (χ1n) is 6.71. The second-order valence-electron chi connectivity index (χ2n) is 4.27. The SMILES string of the molecule is N#CCSc1ccccc1NC(=O)COC(=O)C1=COCCO1. The first-order valence-corrected chi connectivity index (χ1v) is 7.69. The van der Waals surface area contributed by atoms with Crippen LogP contribution in [0, 0.1) is 11.3 Å². The molecule has 1 aromatic rings. The van der Waals surface area contributed by atoms with Crippen LogP contribution in [0.3, 0.4) is 0 Å². The van der Waals surface area contributed by atoms with Crippen LogP contribution in [0.25, 0.3) is 0 Å². The number of rotatable bonds is 6. The highest BCUT2D eigenvalue weighted by atomic mass is 32.2. The van der Waals surface area contributed by atoms with E-state index in [1.54, 1.807) is 18.2 Å². The van der Waals surface area contributed by atoms with Crippen LogP contribution in [0.5, 0.6) is 0 Å². The van der Waals surface area contributed by atoms with Crippen molar-refractivity contribution in [3.05, 3.63) is 36.3 Å². The largest absolute Gasteiger partial charge is 0.493 e. The van der Waals surface area contributed by atoms with E-state index in [0.717, 1.165) is 11.2 Å². The maximum absolute atomic E-state index is 11.9. The molecule has 0 atom stereocenters. The van der Waals surface area contributed by atoms with Gasteiger partial charge in [0.15, 0.2) is 6.61 Å². The number of carbonyl (C=O) groups is 2. The van der Waals surface area contributed by atoms with Crippen molar-refractivity contribution in [2.45, 2.75) is 4.90 Å². The highest BCUT2D eigenvalue weighted by Crippen LogP contribution is 2.26. The van der Waals surface area contributed by atoms with E-state index >= 15 is 0 Å². The van der Waals surface area contributed by atoms with E-state index in [2.05, 4.69) is 5.32 Å². The molecule has 1 N–H and O–H groups in total. The Hall–Kier alpha value is -2.66. The van der Waals surface area contributed by atoms with Crippen molar-refractivity contribution in [1.29, 1.82) is 5.26 Å². The topological polar surface area (TPSA) is 97.7 Å². The Kier molecular flexibility index (Phi) is 6.32. The minimum atomic E-state index is -0.757. The van der Waals surface area contributed by atoms with Gasteiger partial charge in [-0.2, -0.15) is 5.26 Å². The Morgan fingerprint density at radius 2 is 2.17 bits per heavy atom. The summed E-state index contributed by atoms with van der Waals surface area (Å²) in [5.74, 6) is -1.03. The maximum atomic E-state index is 11.9. The molecule has 0 fully saturated rings. The van der Waals surface area contributed by atoms with Crippen molar-refractivity contribution in [3.8, 4) is 6.07 Å². The maximum Gasteiger partial charge on any atom is 0.377 e. The molecule has 0 bridgehead atoms. The smallest absolute Gasteiger partial charge is 0.377 e. The minimum Gasteiger partial charge on any atom is -0.493 e. The summed E-state index contributed by atoms with van der Waals surface area (Å²) < 4.78 is 14.8. The Labute approximate surface area is 137 Å². The average Bonchev–Trinajstić information content (AvgIpc) is 2.59. The van der Waals surface area contributed by atoms with E-state index in [-0.39, 0.29) is 18.1 Å². The van der Waals surface area contributed by atoms with Gasteiger partial charge in [0, 0.05) is 4.90 Å². The molecule has 2 rings (SSSR count). The van der Waals surface area contributed by atoms with Gasteiger partial charge in [-0.3, -0.25) is 4.79 Å². The first kappa shape index (κ1) is 16.7. The molecule has 0 saturated heterocycles. The summed E-state index contributed by atoms with van der Waals surface area (Å²) in [7, 11) is 0. The van der Waals surface area contributed by atoms with Gasteiger partial charge in [0.1, 0.15) is 19.5 Å². The molecule has 1 heterocycles. The molecule has 1 aliphatic rings. The molecule has 0 aromatic heterocycles. The Morgan fingerprint density at radius 3 is 2.91 bits per heavy atom. The number of nitriles is 1. The standard InChI is InChI=1S/C15H14N2O5S/c16-5-8-23-13-4-2-1-3-11(13)17-14(18)10-22-15(19)12-9-20-6-7-21-12/h1-4,9H,6-8,10H2,(H,17,18). The lowest BCUT2D eigenvalue weighted by Crippen LogP contribution is -2.24. The number of hydrogen-bond acceptors (Lipinski definition) is 7. The third kappa shape index (κ3) is 5.23. The van der Waals surface area contributed by atoms with Crippen molar-refractivity contribution in [2.24, 2.45) is 0 Å². The Morgan fingerprint density at radius 1 is 1.35 bits per heavy atom. The van der Waals surface area contributed by atoms with Gasteiger partial charge in [0.25, 0.3) is 5.91 Å². The van der Waals surface area contributed by atoms with Gasteiger partial charge in [-0.25, -0.2) is 4.79 Å². The van der Waals surface area contributed by atoms with Crippen LogP contribution in [0.15, 0.2) is 41.2 Å². The molecule has 0 aliphatic carbocycles. The summed E-state index contributed by atoms with van der Waals surface area (Å²) in [4.78, 5) is 24.3. The summed E-state index contributed by atoms with van der Waals surface area (Å²) >= 11 is 1.31. The van der Waals surface area contributed by atoms with Crippen molar-refractivity contribution >= 4 is 29.3 Å². The zero-order chi connectivity index (χ0) is 16.5. The lowest BCUT2D eigenvalue weighted by Gasteiger charge is -2.14. The fraction of sp³-hybridized carbons (Fsp3) is 0.267. The third-order valence-electron chi connectivity index (χ3n) is 2.64. The monoisotopic (exact) mass is 334 g/mol. The van der Waals surface area contributed by atoms with Crippen LogP contribution in [0.2, 0.25) is 0 Å². The predicted octanol–water partition coefficient (Wildman–Crippen LogP) is 1.67. The number of para-hydroxylation sites is 1. The van der Waals surface area contributed by atoms with Gasteiger partial charge in [-0.1, -0.05) is 12.1 Å². The molecule has 0 saturated carbocycles. The van der Waals surface area contributed by atoms with E-state index in [1.165, 1.54) is 11.8 Å². The van der Waals surface area contributed by atoms with Crippen LogP contribution >= 0.6 is 11.8 Å². The molecule has 0 unspecified atom stereocenters. The van der Waals surface area contributed by atoms with Crippen molar-refractivity contribution in [2.75, 3.05) is 30.9 Å². The zero-order valence-electron chi connectivity index (χ0n) is 12.1. The summed E-state index contributed by atoms with van der Waals surface area (Å²) in [5, 5.41) is 11.3. The number of ether oxygens (including phenoxy) is 3. The second kappa shape index (κ2) is 8.70. The normalized spacial score (nSPS) is 12.9. The van der Waals surface area contributed by atoms with Gasteiger partial charge in [-0.05, 0) is 12.1 Å². The van der Waals surface area contributed by atoms with Crippen molar-refractivity contribution in [1.82, 2.24) is 0 Å². The lowest BCUT2D eigenvalue weighted by atomic mass is 10.3. The number of nitrogens with zero attached hydrogens (tertiary/aromatic N) is 1. The highest BCUT2D eigenvalue weighted by Gasteiger charge is 2.18. The third-order valence-corrected chi connectivity index (χ3v) is 3.58. The average molecular weight is 334 g/mol.